The first kappa shape index (κ1) is 19.0. The van der Waals surface area contributed by atoms with Crippen molar-refractivity contribution in [3.63, 3.8) is 0 Å². The molecule has 0 radical (unpaired) electrons. The maximum atomic E-state index is 12.6. The number of benzene rings is 1. The zero-order valence-electron chi connectivity index (χ0n) is 13.6. The Labute approximate surface area is 156 Å². The summed E-state index contributed by atoms with van der Waals surface area (Å²) in [5, 5.41) is 4.60. The predicted molar refractivity (Wildman–Crippen MR) is 98.2 cm³/mol. The lowest BCUT2D eigenvalue weighted by Gasteiger charge is -2.35. The molecule has 5 nitrogen and oxygen atoms in total. The van der Waals surface area contributed by atoms with Gasteiger partial charge in [-0.25, -0.2) is 4.79 Å². The lowest BCUT2D eigenvalue weighted by atomic mass is 9.95. The van der Waals surface area contributed by atoms with Crippen LogP contribution in [0.15, 0.2) is 29.5 Å². The number of esters is 1. The van der Waals surface area contributed by atoms with Gasteiger partial charge in [0.2, 0.25) is 0 Å². The maximum absolute atomic E-state index is 12.6. The van der Waals surface area contributed by atoms with Crippen LogP contribution in [0.5, 0.6) is 0 Å². The van der Waals surface area contributed by atoms with Crippen molar-refractivity contribution in [3.8, 4) is 0 Å². The third-order valence-electron chi connectivity index (χ3n) is 3.77. The van der Waals surface area contributed by atoms with Crippen molar-refractivity contribution in [1.29, 1.82) is 0 Å². The van der Waals surface area contributed by atoms with Crippen molar-refractivity contribution in [2.24, 2.45) is 0 Å². The highest BCUT2D eigenvalue weighted by Crippen LogP contribution is 2.35. The number of allylic oxidation sites excluding steroid dienone is 1. The van der Waals surface area contributed by atoms with Gasteiger partial charge in [0, 0.05) is 29.9 Å². The molecule has 0 amide bonds. The number of hydrogen-bond donors (Lipinski definition) is 1. The van der Waals surface area contributed by atoms with Gasteiger partial charge in [0.05, 0.1) is 18.2 Å². The summed E-state index contributed by atoms with van der Waals surface area (Å²) in [7, 11) is 3.33. The van der Waals surface area contributed by atoms with Crippen LogP contribution in [0.4, 0.5) is 0 Å². The van der Waals surface area contributed by atoms with Crippen LogP contribution >= 0.6 is 35.4 Å². The Kier molecular flexibility index (Phi) is 6.46. The fraction of sp³-hybridized carbons (Fsp3) is 0.375. The predicted octanol–water partition coefficient (Wildman–Crippen LogP) is 3.32. The molecule has 24 heavy (non-hydrogen) atoms. The minimum atomic E-state index is -0.506. The highest BCUT2D eigenvalue weighted by atomic mass is 35.5. The second-order valence-corrected chi connectivity index (χ2v) is 6.47. The van der Waals surface area contributed by atoms with Crippen LogP contribution in [-0.2, 0) is 14.3 Å². The van der Waals surface area contributed by atoms with Gasteiger partial charge in [0.25, 0.3) is 0 Å². The van der Waals surface area contributed by atoms with Crippen molar-refractivity contribution < 1.29 is 14.3 Å². The van der Waals surface area contributed by atoms with Crippen molar-refractivity contribution in [3.05, 3.63) is 45.1 Å². The molecule has 1 aliphatic heterocycles. The lowest BCUT2D eigenvalue weighted by Crippen LogP contribution is -2.46. The molecular formula is C16H18Cl2N2O3S. The molecule has 0 aromatic heterocycles. The molecule has 0 fully saturated rings. The number of rotatable bonds is 5. The van der Waals surface area contributed by atoms with Crippen molar-refractivity contribution in [2.75, 3.05) is 27.4 Å². The molecule has 1 heterocycles. The first-order valence-corrected chi connectivity index (χ1v) is 8.39. The third kappa shape index (κ3) is 4.00. The first-order valence-electron chi connectivity index (χ1n) is 7.22. The van der Waals surface area contributed by atoms with E-state index in [1.807, 2.05) is 6.92 Å². The summed E-state index contributed by atoms with van der Waals surface area (Å²) >= 11 is 17.6. The van der Waals surface area contributed by atoms with Crippen LogP contribution in [0, 0.1) is 0 Å². The summed E-state index contributed by atoms with van der Waals surface area (Å²) in [6.45, 7) is 2.31. The molecule has 2 rings (SSSR count). The molecule has 1 aromatic rings. The number of thiocarbonyl (C=S) groups is 1. The van der Waals surface area contributed by atoms with Gasteiger partial charge in [-0.3, -0.25) is 0 Å². The molecule has 0 saturated heterocycles. The zero-order valence-corrected chi connectivity index (χ0v) is 15.9. The lowest BCUT2D eigenvalue weighted by molar-refractivity contribution is -0.140. The van der Waals surface area contributed by atoms with Gasteiger partial charge in [-0.15, -0.1) is 0 Å². The monoisotopic (exact) mass is 388 g/mol. The van der Waals surface area contributed by atoms with E-state index in [9.17, 15) is 4.79 Å². The first-order chi connectivity index (χ1) is 11.4. The molecule has 0 unspecified atom stereocenters. The summed E-state index contributed by atoms with van der Waals surface area (Å²) in [5.74, 6) is -0.442. The van der Waals surface area contributed by atoms with E-state index in [-0.39, 0.29) is 6.61 Å². The highest BCUT2D eigenvalue weighted by Gasteiger charge is 2.34. The van der Waals surface area contributed by atoms with Crippen molar-refractivity contribution >= 4 is 46.5 Å². The Balaban J connectivity index is 2.43. The van der Waals surface area contributed by atoms with E-state index in [0.717, 1.165) is 0 Å². The number of halogens is 2. The van der Waals surface area contributed by atoms with E-state index in [0.29, 0.717) is 38.6 Å². The average molecular weight is 389 g/mol. The fourth-order valence-electron chi connectivity index (χ4n) is 2.36. The molecule has 1 atom stereocenters. The van der Waals surface area contributed by atoms with Crippen LogP contribution in [0.25, 0.3) is 0 Å². The van der Waals surface area contributed by atoms with Gasteiger partial charge < -0.3 is 19.7 Å². The van der Waals surface area contributed by atoms with E-state index in [2.05, 4.69) is 5.32 Å². The van der Waals surface area contributed by atoms with Gasteiger partial charge >= 0.3 is 5.97 Å². The molecule has 1 aromatic carbocycles. The number of nitrogens with zero attached hydrogens (tertiary/aromatic N) is 1. The number of carbonyl (C=O) groups excluding carboxylic acids is 1. The van der Waals surface area contributed by atoms with Gasteiger partial charge in [-0.05, 0) is 36.8 Å². The second kappa shape index (κ2) is 8.16. The third-order valence-corrected chi connectivity index (χ3v) is 4.72. The number of carbonyl (C=O) groups is 1. The number of methoxy groups -OCH3 is 1. The van der Waals surface area contributed by atoms with Gasteiger partial charge in [-0.1, -0.05) is 29.3 Å². The standard InChI is InChI=1S/C16H18Cl2N2O3S/c1-9-13(15(21)23-7-6-22-3)14(19-16(24)20(9)2)11-5-4-10(17)8-12(11)18/h4-5,8,14H,6-7H2,1-3H3,(H,19,24)/t14-/m0/s1. The van der Waals surface area contributed by atoms with E-state index < -0.39 is 12.0 Å². The Bertz CT molecular complexity index is 694. The molecular weight excluding hydrogens is 371 g/mol. The Hall–Kier alpha value is -1.34. The van der Waals surface area contributed by atoms with Crippen LogP contribution in [0.1, 0.15) is 18.5 Å². The smallest absolute Gasteiger partial charge is 0.338 e. The van der Waals surface area contributed by atoms with Crippen LogP contribution in [0.2, 0.25) is 10.0 Å². The van der Waals surface area contributed by atoms with Crippen LogP contribution in [0.3, 0.4) is 0 Å². The summed E-state index contributed by atoms with van der Waals surface area (Å²) in [4.78, 5) is 14.3. The van der Waals surface area contributed by atoms with E-state index in [1.165, 1.54) is 0 Å². The van der Waals surface area contributed by atoms with E-state index in [1.54, 1.807) is 37.3 Å². The summed E-state index contributed by atoms with van der Waals surface area (Å²) in [5.41, 5.74) is 1.86. The fourth-order valence-corrected chi connectivity index (χ4v) is 3.14. The molecule has 0 saturated carbocycles. The Morgan fingerprint density at radius 1 is 1.38 bits per heavy atom. The minimum Gasteiger partial charge on any atom is -0.460 e. The van der Waals surface area contributed by atoms with Gasteiger partial charge in [-0.2, -0.15) is 0 Å². The SMILES string of the molecule is COCCOC(=O)C1=C(C)N(C)C(=S)N[C@H]1c1ccc(Cl)cc1Cl. The largest absolute Gasteiger partial charge is 0.460 e. The van der Waals surface area contributed by atoms with Crippen LogP contribution in [-0.4, -0.2) is 43.4 Å². The molecule has 130 valence electrons. The topological polar surface area (TPSA) is 50.8 Å². The van der Waals surface area contributed by atoms with E-state index >= 15 is 0 Å². The van der Waals surface area contributed by atoms with Gasteiger partial charge in [0.1, 0.15) is 6.61 Å². The molecule has 1 N–H and O–H groups in total. The zero-order chi connectivity index (χ0) is 17.9. The molecule has 8 heteroatoms. The number of ether oxygens (including phenoxy) is 2. The average Bonchev–Trinajstić information content (AvgIpc) is 2.52. The van der Waals surface area contributed by atoms with Crippen molar-refractivity contribution in [1.82, 2.24) is 10.2 Å². The van der Waals surface area contributed by atoms with E-state index in [4.69, 9.17) is 44.9 Å². The summed E-state index contributed by atoms with van der Waals surface area (Å²) < 4.78 is 10.2. The molecule has 0 spiro atoms. The molecule has 0 bridgehead atoms. The second-order valence-electron chi connectivity index (χ2n) is 5.24. The van der Waals surface area contributed by atoms with Crippen molar-refractivity contribution in [2.45, 2.75) is 13.0 Å². The number of nitrogens with one attached hydrogen (secondary N) is 1. The normalized spacial score (nSPS) is 17.8. The Morgan fingerprint density at radius 3 is 2.71 bits per heavy atom. The van der Waals surface area contributed by atoms with Gasteiger partial charge in [0.15, 0.2) is 5.11 Å². The molecule has 0 aliphatic carbocycles. The maximum Gasteiger partial charge on any atom is 0.338 e. The summed E-state index contributed by atoms with van der Waals surface area (Å²) in [6, 6.07) is 4.61. The Morgan fingerprint density at radius 2 is 2.08 bits per heavy atom. The molecule has 1 aliphatic rings. The summed E-state index contributed by atoms with van der Waals surface area (Å²) in [6.07, 6.45) is 0. The quantitative estimate of drug-likeness (QED) is 0.474. The van der Waals surface area contributed by atoms with Crippen LogP contribution < -0.4 is 5.32 Å². The highest BCUT2D eigenvalue weighted by molar-refractivity contribution is 7.80. The number of hydrogen-bond acceptors (Lipinski definition) is 4. The minimum absolute atomic E-state index is 0.168.